The Morgan fingerprint density at radius 2 is 2.17 bits per heavy atom. The molecule has 65 valence electrons. The maximum atomic E-state index is 9.19. The summed E-state index contributed by atoms with van der Waals surface area (Å²) in [5, 5.41) is 9.19. The number of rotatable bonds is 3. The number of phenolic OH excluding ortho intramolecular Hbond substituents is 1. The van der Waals surface area contributed by atoms with Crippen LogP contribution in [0, 0.1) is 0 Å². The average molecular weight is 181 g/mol. The predicted molar refractivity (Wildman–Crippen MR) is 52.6 cm³/mol. The lowest BCUT2D eigenvalue weighted by atomic mass is 10.1. The van der Waals surface area contributed by atoms with Crippen molar-refractivity contribution >= 4 is 12.6 Å². The Hall–Kier alpha value is -0.760. The first-order valence-electron chi connectivity index (χ1n) is 4.23. The SMILES string of the molecule is CCCCc1cc(O)ccc1[S]. The zero-order chi connectivity index (χ0) is 8.97. The Morgan fingerprint density at radius 3 is 2.83 bits per heavy atom. The van der Waals surface area contributed by atoms with Crippen molar-refractivity contribution in [3.63, 3.8) is 0 Å². The molecular weight excluding hydrogens is 168 g/mol. The van der Waals surface area contributed by atoms with Gasteiger partial charge in [0.25, 0.3) is 0 Å². The van der Waals surface area contributed by atoms with Gasteiger partial charge in [0.15, 0.2) is 0 Å². The summed E-state index contributed by atoms with van der Waals surface area (Å²) in [6.45, 7) is 2.14. The van der Waals surface area contributed by atoms with E-state index in [0.717, 1.165) is 29.7 Å². The molecule has 0 aliphatic heterocycles. The van der Waals surface area contributed by atoms with Crippen molar-refractivity contribution < 1.29 is 5.11 Å². The number of unbranched alkanes of at least 4 members (excludes halogenated alkanes) is 1. The fraction of sp³-hybridized carbons (Fsp3) is 0.400. The van der Waals surface area contributed by atoms with Gasteiger partial charge in [0.1, 0.15) is 5.75 Å². The number of hydrogen-bond acceptors (Lipinski definition) is 1. The Morgan fingerprint density at radius 1 is 1.42 bits per heavy atom. The van der Waals surface area contributed by atoms with E-state index in [4.69, 9.17) is 12.6 Å². The van der Waals surface area contributed by atoms with E-state index >= 15 is 0 Å². The van der Waals surface area contributed by atoms with E-state index in [1.165, 1.54) is 0 Å². The minimum absolute atomic E-state index is 0.315. The maximum absolute atomic E-state index is 9.19. The highest BCUT2D eigenvalue weighted by Crippen LogP contribution is 2.21. The van der Waals surface area contributed by atoms with Gasteiger partial charge in [-0.15, -0.1) is 0 Å². The second-order valence-corrected chi connectivity index (χ2v) is 3.34. The summed E-state index contributed by atoms with van der Waals surface area (Å²) in [7, 11) is 0. The quantitative estimate of drug-likeness (QED) is 0.758. The average Bonchev–Trinajstić information content (AvgIpc) is 2.07. The molecule has 0 saturated heterocycles. The van der Waals surface area contributed by atoms with E-state index in [0.29, 0.717) is 5.75 Å². The molecule has 0 unspecified atom stereocenters. The molecule has 0 heterocycles. The molecule has 0 atom stereocenters. The van der Waals surface area contributed by atoms with Gasteiger partial charge in [-0.3, -0.25) is 0 Å². The summed E-state index contributed by atoms with van der Waals surface area (Å²) in [6.07, 6.45) is 3.27. The summed E-state index contributed by atoms with van der Waals surface area (Å²) in [5.74, 6) is 0.315. The molecule has 0 saturated carbocycles. The summed E-state index contributed by atoms with van der Waals surface area (Å²) >= 11 is 5.11. The first-order chi connectivity index (χ1) is 5.74. The van der Waals surface area contributed by atoms with Crippen molar-refractivity contribution in [1.82, 2.24) is 0 Å². The van der Waals surface area contributed by atoms with Crippen LogP contribution < -0.4 is 0 Å². The van der Waals surface area contributed by atoms with Crippen molar-refractivity contribution in [2.75, 3.05) is 0 Å². The topological polar surface area (TPSA) is 20.2 Å². The van der Waals surface area contributed by atoms with Crippen LogP contribution in [0.2, 0.25) is 0 Å². The second-order valence-electron chi connectivity index (χ2n) is 2.90. The molecule has 0 amide bonds. The van der Waals surface area contributed by atoms with Crippen LogP contribution in [-0.2, 0) is 6.42 Å². The molecule has 1 aromatic carbocycles. The first-order valence-corrected chi connectivity index (χ1v) is 4.63. The molecule has 0 aliphatic carbocycles. The third kappa shape index (κ3) is 2.38. The number of aryl methyl sites for hydroxylation is 1. The van der Waals surface area contributed by atoms with E-state index in [9.17, 15) is 5.11 Å². The Balaban J connectivity index is 2.75. The lowest BCUT2D eigenvalue weighted by molar-refractivity contribution is 0.473. The van der Waals surface area contributed by atoms with Crippen LogP contribution in [0.1, 0.15) is 25.3 Å². The van der Waals surface area contributed by atoms with Crippen LogP contribution in [0.3, 0.4) is 0 Å². The number of phenols is 1. The molecule has 0 aromatic heterocycles. The van der Waals surface area contributed by atoms with E-state index in [2.05, 4.69) is 6.92 Å². The lowest BCUT2D eigenvalue weighted by Gasteiger charge is -2.03. The van der Waals surface area contributed by atoms with Gasteiger partial charge in [0, 0.05) is 4.90 Å². The van der Waals surface area contributed by atoms with E-state index in [1.54, 1.807) is 18.2 Å². The molecule has 1 N–H and O–H groups in total. The predicted octanol–water partition coefficient (Wildman–Crippen LogP) is 3.29. The van der Waals surface area contributed by atoms with E-state index in [-0.39, 0.29) is 0 Å². The molecule has 12 heavy (non-hydrogen) atoms. The third-order valence-corrected chi connectivity index (χ3v) is 2.24. The van der Waals surface area contributed by atoms with Gasteiger partial charge < -0.3 is 5.11 Å². The van der Waals surface area contributed by atoms with Crippen LogP contribution in [0.15, 0.2) is 23.1 Å². The molecule has 1 radical (unpaired) electrons. The highest BCUT2D eigenvalue weighted by Gasteiger charge is 2.00. The lowest BCUT2D eigenvalue weighted by Crippen LogP contribution is -1.86. The molecule has 1 rings (SSSR count). The zero-order valence-corrected chi connectivity index (χ0v) is 8.03. The summed E-state index contributed by atoms with van der Waals surface area (Å²) in [5.41, 5.74) is 1.09. The van der Waals surface area contributed by atoms with E-state index < -0.39 is 0 Å². The van der Waals surface area contributed by atoms with Crippen molar-refractivity contribution in [3.8, 4) is 5.75 Å². The van der Waals surface area contributed by atoms with Gasteiger partial charge in [-0.25, -0.2) is 0 Å². The smallest absolute Gasteiger partial charge is 0.115 e. The van der Waals surface area contributed by atoms with Crippen LogP contribution in [0.25, 0.3) is 0 Å². The summed E-state index contributed by atoms with van der Waals surface area (Å²) in [4.78, 5) is 0.862. The molecular formula is C10H13OS. The number of benzene rings is 1. The molecule has 0 bridgehead atoms. The minimum Gasteiger partial charge on any atom is -0.508 e. The molecule has 0 spiro atoms. The highest BCUT2D eigenvalue weighted by atomic mass is 32.1. The monoisotopic (exact) mass is 181 g/mol. The fourth-order valence-corrected chi connectivity index (χ4v) is 1.36. The van der Waals surface area contributed by atoms with E-state index in [1.807, 2.05) is 0 Å². The normalized spacial score (nSPS) is 10.1. The first kappa shape index (κ1) is 9.33. The van der Waals surface area contributed by atoms with Crippen molar-refractivity contribution in [3.05, 3.63) is 23.8 Å². The van der Waals surface area contributed by atoms with Gasteiger partial charge in [-0.1, -0.05) is 26.0 Å². The number of hydrogen-bond donors (Lipinski definition) is 1. The van der Waals surface area contributed by atoms with Crippen LogP contribution in [-0.4, -0.2) is 5.11 Å². The summed E-state index contributed by atoms with van der Waals surface area (Å²) < 4.78 is 0. The zero-order valence-electron chi connectivity index (χ0n) is 7.21. The largest absolute Gasteiger partial charge is 0.508 e. The second kappa shape index (κ2) is 4.31. The Kier molecular flexibility index (Phi) is 3.35. The number of aromatic hydroxyl groups is 1. The summed E-state index contributed by atoms with van der Waals surface area (Å²) in [6, 6.07) is 5.19. The van der Waals surface area contributed by atoms with Gasteiger partial charge in [0.05, 0.1) is 0 Å². The van der Waals surface area contributed by atoms with Crippen LogP contribution in [0.4, 0.5) is 0 Å². The molecule has 1 nitrogen and oxygen atoms in total. The Bertz CT molecular complexity index is 258. The van der Waals surface area contributed by atoms with Crippen molar-refractivity contribution in [1.29, 1.82) is 0 Å². The van der Waals surface area contributed by atoms with Crippen molar-refractivity contribution in [2.45, 2.75) is 31.1 Å². The van der Waals surface area contributed by atoms with Gasteiger partial charge in [0.2, 0.25) is 0 Å². The molecule has 2 heteroatoms. The van der Waals surface area contributed by atoms with Gasteiger partial charge >= 0.3 is 0 Å². The maximum Gasteiger partial charge on any atom is 0.115 e. The molecule has 1 aromatic rings. The third-order valence-electron chi connectivity index (χ3n) is 1.84. The molecule has 0 fully saturated rings. The highest BCUT2D eigenvalue weighted by molar-refractivity contribution is 7.80. The van der Waals surface area contributed by atoms with Crippen LogP contribution in [0.5, 0.6) is 5.75 Å². The fourth-order valence-electron chi connectivity index (χ4n) is 1.13. The minimum atomic E-state index is 0.315. The Labute approximate surface area is 78.8 Å². The van der Waals surface area contributed by atoms with Crippen molar-refractivity contribution in [2.24, 2.45) is 0 Å². The van der Waals surface area contributed by atoms with Gasteiger partial charge in [-0.2, -0.15) is 0 Å². The molecule has 0 aliphatic rings. The van der Waals surface area contributed by atoms with Crippen LogP contribution >= 0.6 is 12.6 Å². The standard InChI is InChI=1S/C10H13OS/c1-2-3-4-8-7-9(11)5-6-10(8)12/h5-7,11H,2-4H2,1H3. The van der Waals surface area contributed by atoms with Gasteiger partial charge in [-0.05, 0) is 36.6 Å².